The van der Waals surface area contributed by atoms with Gasteiger partial charge in [-0.15, -0.1) is 0 Å². The first kappa shape index (κ1) is 16.2. The number of hydrogen-bond donors (Lipinski definition) is 2. The lowest BCUT2D eigenvalue weighted by atomic mass is 10.1. The summed E-state index contributed by atoms with van der Waals surface area (Å²) in [7, 11) is 0. The van der Waals surface area contributed by atoms with E-state index < -0.39 is 6.03 Å². The maximum absolute atomic E-state index is 12.1. The first-order chi connectivity index (χ1) is 12.2. The van der Waals surface area contributed by atoms with Crippen LogP contribution >= 0.6 is 0 Å². The highest BCUT2D eigenvalue weighted by molar-refractivity contribution is 6.00. The Morgan fingerprint density at radius 3 is 2.48 bits per heavy atom. The van der Waals surface area contributed by atoms with Crippen molar-refractivity contribution >= 4 is 17.4 Å². The second-order valence-electron chi connectivity index (χ2n) is 5.50. The van der Waals surface area contributed by atoms with Crippen LogP contribution in [0, 0.1) is 18.3 Å². The van der Waals surface area contributed by atoms with Gasteiger partial charge in [0.2, 0.25) is 0 Å². The number of nitrogens with zero attached hydrogens (tertiary/aromatic N) is 2. The number of pyridine rings is 1. The molecule has 5 nitrogen and oxygen atoms in total. The highest BCUT2D eigenvalue weighted by Crippen LogP contribution is 2.22. The van der Waals surface area contributed by atoms with Crippen LogP contribution in [-0.2, 0) is 0 Å². The third kappa shape index (κ3) is 4.01. The molecule has 3 aromatic rings. The summed E-state index contributed by atoms with van der Waals surface area (Å²) >= 11 is 0. The van der Waals surface area contributed by atoms with Gasteiger partial charge in [-0.3, -0.25) is 4.98 Å². The maximum Gasteiger partial charge on any atom is 0.323 e. The smallest absolute Gasteiger partial charge is 0.308 e. The van der Waals surface area contributed by atoms with E-state index in [1.807, 2.05) is 49.4 Å². The molecule has 0 atom stereocenters. The maximum atomic E-state index is 12.1. The normalized spacial score (nSPS) is 9.92. The van der Waals surface area contributed by atoms with Gasteiger partial charge < -0.3 is 10.6 Å². The summed E-state index contributed by atoms with van der Waals surface area (Å²) in [4.78, 5) is 16.3. The molecule has 122 valence electrons. The van der Waals surface area contributed by atoms with Gasteiger partial charge in [-0.25, -0.2) is 4.79 Å². The Hall–Kier alpha value is -3.65. The number of hydrogen-bond acceptors (Lipinski definition) is 3. The van der Waals surface area contributed by atoms with Gasteiger partial charge in [0.1, 0.15) is 6.07 Å². The molecule has 2 aromatic carbocycles. The second kappa shape index (κ2) is 7.28. The van der Waals surface area contributed by atoms with Crippen LogP contribution in [0.1, 0.15) is 11.3 Å². The van der Waals surface area contributed by atoms with E-state index in [1.54, 1.807) is 30.5 Å². The monoisotopic (exact) mass is 328 g/mol. The highest BCUT2D eigenvalue weighted by atomic mass is 16.2. The minimum absolute atomic E-state index is 0.393. The molecule has 0 saturated heterocycles. The van der Waals surface area contributed by atoms with Gasteiger partial charge in [0.15, 0.2) is 0 Å². The van der Waals surface area contributed by atoms with Crippen molar-refractivity contribution in [3.8, 4) is 17.2 Å². The zero-order valence-corrected chi connectivity index (χ0v) is 13.7. The van der Waals surface area contributed by atoms with E-state index in [9.17, 15) is 4.79 Å². The fraction of sp³-hybridized carbons (Fsp3) is 0.0500. The molecule has 1 heterocycles. The topological polar surface area (TPSA) is 77.8 Å². The molecule has 0 radical (unpaired) electrons. The van der Waals surface area contributed by atoms with Crippen molar-refractivity contribution in [3.63, 3.8) is 0 Å². The Morgan fingerprint density at radius 2 is 1.76 bits per heavy atom. The lowest BCUT2D eigenvalue weighted by Gasteiger charge is -2.09. The summed E-state index contributed by atoms with van der Waals surface area (Å²) < 4.78 is 0. The molecule has 5 heteroatoms. The molecule has 0 fully saturated rings. The molecule has 0 aliphatic carbocycles. The first-order valence-corrected chi connectivity index (χ1v) is 7.76. The minimum Gasteiger partial charge on any atom is -0.308 e. The Kier molecular flexibility index (Phi) is 4.72. The second-order valence-corrected chi connectivity index (χ2v) is 5.50. The van der Waals surface area contributed by atoms with E-state index in [0.29, 0.717) is 16.9 Å². The van der Waals surface area contributed by atoms with Gasteiger partial charge in [-0.05, 0) is 54.4 Å². The molecule has 0 saturated carbocycles. The van der Waals surface area contributed by atoms with Crippen LogP contribution in [-0.4, -0.2) is 11.0 Å². The Labute approximate surface area is 146 Å². The quantitative estimate of drug-likeness (QED) is 0.739. The molecule has 2 amide bonds. The molecular weight excluding hydrogens is 312 g/mol. The third-order valence-electron chi connectivity index (χ3n) is 3.67. The zero-order chi connectivity index (χ0) is 17.6. The number of carbonyl (C=O) groups is 1. The summed E-state index contributed by atoms with van der Waals surface area (Å²) in [6.07, 6.45) is 1.77. The summed E-state index contributed by atoms with van der Waals surface area (Å²) in [5, 5.41) is 14.5. The van der Waals surface area contributed by atoms with Gasteiger partial charge in [0.05, 0.1) is 11.3 Å². The lowest BCUT2D eigenvalue weighted by molar-refractivity contribution is 0.262. The average Bonchev–Trinajstić information content (AvgIpc) is 2.63. The Balaban J connectivity index is 1.69. The van der Waals surface area contributed by atoms with E-state index in [1.165, 1.54) is 0 Å². The van der Waals surface area contributed by atoms with Crippen molar-refractivity contribution in [2.75, 3.05) is 10.6 Å². The number of anilines is 2. The summed E-state index contributed by atoms with van der Waals surface area (Å²) in [6, 6.07) is 20.0. The van der Waals surface area contributed by atoms with Crippen LogP contribution < -0.4 is 10.6 Å². The minimum atomic E-state index is -0.393. The summed E-state index contributed by atoms with van der Waals surface area (Å²) in [5.41, 5.74) is 4.64. The molecule has 0 bridgehead atoms. The largest absolute Gasteiger partial charge is 0.323 e. The van der Waals surface area contributed by atoms with E-state index in [4.69, 9.17) is 5.26 Å². The summed E-state index contributed by atoms with van der Waals surface area (Å²) in [6.45, 7) is 1.95. The molecule has 2 N–H and O–H groups in total. The fourth-order valence-corrected chi connectivity index (χ4v) is 2.45. The first-order valence-electron chi connectivity index (χ1n) is 7.76. The Morgan fingerprint density at radius 1 is 1.00 bits per heavy atom. The van der Waals surface area contributed by atoms with Crippen molar-refractivity contribution in [3.05, 3.63) is 78.1 Å². The number of urea groups is 1. The number of para-hydroxylation sites is 1. The standard InChI is InChI=1S/C20H16N4O/c1-14-12-16(10-11-22-14)15-6-8-18(9-7-15)23-20(25)24-19-5-3-2-4-17(19)13-21/h2-12H,1H3,(H2,23,24,25). The van der Waals surface area contributed by atoms with E-state index in [2.05, 4.69) is 15.6 Å². The van der Waals surface area contributed by atoms with Crippen molar-refractivity contribution in [1.29, 1.82) is 5.26 Å². The number of amides is 2. The highest BCUT2D eigenvalue weighted by Gasteiger charge is 2.06. The number of rotatable bonds is 3. The number of benzene rings is 2. The van der Waals surface area contributed by atoms with Gasteiger partial charge in [-0.1, -0.05) is 24.3 Å². The fourth-order valence-electron chi connectivity index (χ4n) is 2.45. The molecule has 3 rings (SSSR count). The van der Waals surface area contributed by atoms with Crippen LogP contribution in [0.2, 0.25) is 0 Å². The number of nitriles is 1. The lowest BCUT2D eigenvalue weighted by Crippen LogP contribution is -2.19. The number of carbonyl (C=O) groups excluding carboxylic acids is 1. The van der Waals surface area contributed by atoms with E-state index in [-0.39, 0.29) is 0 Å². The molecule has 0 spiro atoms. The molecule has 0 unspecified atom stereocenters. The van der Waals surface area contributed by atoms with Crippen molar-refractivity contribution in [1.82, 2.24) is 4.98 Å². The molecule has 1 aromatic heterocycles. The van der Waals surface area contributed by atoms with E-state index >= 15 is 0 Å². The predicted molar refractivity (Wildman–Crippen MR) is 98.2 cm³/mol. The zero-order valence-electron chi connectivity index (χ0n) is 13.7. The van der Waals surface area contributed by atoms with Crippen LogP contribution in [0.4, 0.5) is 16.2 Å². The summed E-state index contributed by atoms with van der Waals surface area (Å²) in [5.74, 6) is 0. The Bertz CT molecular complexity index is 942. The van der Waals surface area contributed by atoms with Crippen molar-refractivity contribution in [2.45, 2.75) is 6.92 Å². The van der Waals surface area contributed by atoms with Crippen LogP contribution in [0.5, 0.6) is 0 Å². The molecule has 0 aliphatic heterocycles. The molecular formula is C20H16N4O. The van der Waals surface area contributed by atoms with Gasteiger partial charge in [-0.2, -0.15) is 5.26 Å². The van der Waals surface area contributed by atoms with E-state index in [0.717, 1.165) is 16.8 Å². The number of aromatic nitrogens is 1. The molecule has 0 aliphatic rings. The predicted octanol–water partition coefficient (Wildman–Crippen LogP) is 4.57. The number of nitrogens with one attached hydrogen (secondary N) is 2. The average molecular weight is 328 g/mol. The van der Waals surface area contributed by atoms with Gasteiger partial charge in [0, 0.05) is 17.6 Å². The van der Waals surface area contributed by atoms with Crippen molar-refractivity contribution in [2.24, 2.45) is 0 Å². The van der Waals surface area contributed by atoms with Gasteiger partial charge >= 0.3 is 6.03 Å². The van der Waals surface area contributed by atoms with Gasteiger partial charge in [0.25, 0.3) is 0 Å². The number of aryl methyl sites for hydroxylation is 1. The van der Waals surface area contributed by atoms with Crippen molar-refractivity contribution < 1.29 is 4.79 Å². The van der Waals surface area contributed by atoms with Crippen LogP contribution in [0.15, 0.2) is 66.9 Å². The molecule has 25 heavy (non-hydrogen) atoms. The SMILES string of the molecule is Cc1cc(-c2ccc(NC(=O)Nc3ccccc3C#N)cc2)ccn1. The van der Waals surface area contributed by atoms with Crippen LogP contribution in [0.3, 0.4) is 0 Å². The third-order valence-corrected chi connectivity index (χ3v) is 3.67. The van der Waals surface area contributed by atoms with Crippen LogP contribution in [0.25, 0.3) is 11.1 Å².